The van der Waals surface area contributed by atoms with E-state index in [0.29, 0.717) is 22.8 Å². The molecule has 1 aliphatic rings. The highest BCUT2D eigenvalue weighted by atomic mass is 35.5. The molecule has 1 aromatic carbocycles. The van der Waals surface area contributed by atoms with Gasteiger partial charge in [0.25, 0.3) is 5.91 Å². The van der Waals surface area contributed by atoms with Gasteiger partial charge >= 0.3 is 6.18 Å². The summed E-state index contributed by atoms with van der Waals surface area (Å²) in [5.74, 6) is -0.824. The lowest BCUT2D eigenvalue weighted by molar-refractivity contribution is -0.143. The smallest absolute Gasteiger partial charge is 0.373 e. The van der Waals surface area contributed by atoms with Gasteiger partial charge in [0.15, 0.2) is 5.69 Å². The van der Waals surface area contributed by atoms with Gasteiger partial charge < -0.3 is 10.1 Å². The standard InChI is InChI=1S/C21H26ClF3N4O2/c1-13-10-28(11-14(2)31-13)20(3,4)12-26-19(30)17-9-27-29(18(17)21(23,24)25)16-7-5-15(22)6-8-16/h5-9,13-14H,10-12H2,1-4H3,(H,26,30)/t13-,14-/m0/s1. The predicted octanol–water partition coefficient (Wildman–Crippen LogP) is 4.16. The fourth-order valence-corrected chi connectivity index (χ4v) is 3.87. The summed E-state index contributed by atoms with van der Waals surface area (Å²) < 4.78 is 47.9. The number of amides is 1. The maximum Gasteiger partial charge on any atom is 0.434 e. The van der Waals surface area contributed by atoms with E-state index in [1.54, 1.807) is 0 Å². The van der Waals surface area contributed by atoms with Gasteiger partial charge in [0, 0.05) is 30.2 Å². The third kappa shape index (κ3) is 5.39. The molecule has 31 heavy (non-hydrogen) atoms. The van der Waals surface area contributed by atoms with Gasteiger partial charge in [0.1, 0.15) is 0 Å². The monoisotopic (exact) mass is 458 g/mol. The van der Waals surface area contributed by atoms with Gasteiger partial charge in [0.2, 0.25) is 0 Å². The van der Waals surface area contributed by atoms with Crippen LogP contribution in [0, 0.1) is 0 Å². The number of nitrogens with one attached hydrogen (secondary N) is 1. The first kappa shape index (κ1) is 23.6. The molecule has 1 amide bonds. The van der Waals surface area contributed by atoms with Crippen molar-refractivity contribution in [1.82, 2.24) is 20.0 Å². The summed E-state index contributed by atoms with van der Waals surface area (Å²) in [6.45, 7) is 9.36. The van der Waals surface area contributed by atoms with Gasteiger partial charge in [-0.1, -0.05) is 11.6 Å². The molecule has 0 bridgehead atoms. The normalized spacial score (nSPS) is 20.6. The molecule has 2 heterocycles. The van der Waals surface area contributed by atoms with Crippen molar-refractivity contribution in [1.29, 1.82) is 0 Å². The second-order valence-electron chi connectivity index (χ2n) is 8.45. The van der Waals surface area contributed by atoms with Crippen molar-refractivity contribution in [3.05, 3.63) is 46.7 Å². The third-order valence-electron chi connectivity index (χ3n) is 5.31. The van der Waals surface area contributed by atoms with E-state index < -0.39 is 28.9 Å². The second kappa shape index (κ2) is 8.80. The molecule has 1 aromatic heterocycles. The number of halogens is 4. The molecule has 0 saturated carbocycles. The van der Waals surface area contributed by atoms with E-state index in [9.17, 15) is 18.0 Å². The summed E-state index contributed by atoms with van der Waals surface area (Å²) in [6, 6.07) is 5.75. The lowest BCUT2D eigenvalue weighted by atomic mass is 10.00. The summed E-state index contributed by atoms with van der Waals surface area (Å²) in [5.41, 5.74) is -1.96. The van der Waals surface area contributed by atoms with Crippen LogP contribution in [-0.4, -0.2) is 58.0 Å². The quantitative estimate of drug-likeness (QED) is 0.731. The minimum atomic E-state index is -4.77. The minimum Gasteiger partial charge on any atom is -0.373 e. The number of rotatable bonds is 5. The molecule has 0 radical (unpaired) electrons. The van der Waals surface area contributed by atoms with Crippen molar-refractivity contribution >= 4 is 17.5 Å². The molecule has 2 aromatic rings. The van der Waals surface area contributed by atoms with E-state index in [1.165, 1.54) is 24.3 Å². The van der Waals surface area contributed by atoms with Gasteiger partial charge in [-0.3, -0.25) is 9.69 Å². The zero-order valence-electron chi connectivity index (χ0n) is 17.8. The number of aromatic nitrogens is 2. The SMILES string of the molecule is C[C@H]1CN(C(C)(C)CNC(=O)c2cnn(-c3ccc(Cl)cc3)c2C(F)(F)F)C[C@H](C)O1. The fourth-order valence-electron chi connectivity index (χ4n) is 3.74. The summed E-state index contributed by atoms with van der Waals surface area (Å²) in [5, 5.41) is 6.87. The average Bonchev–Trinajstić information content (AvgIpc) is 3.12. The van der Waals surface area contributed by atoms with Crippen molar-refractivity contribution < 1.29 is 22.7 Å². The number of hydrogen-bond acceptors (Lipinski definition) is 4. The Hall–Kier alpha value is -2.10. The fraction of sp³-hybridized carbons (Fsp3) is 0.524. The van der Waals surface area contributed by atoms with Gasteiger partial charge in [-0.15, -0.1) is 0 Å². The highest BCUT2D eigenvalue weighted by molar-refractivity contribution is 6.30. The molecule has 0 unspecified atom stereocenters. The van der Waals surface area contributed by atoms with Crippen LogP contribution in [0.25, 0.3) is 5.69 Å². The van der Waals surface area contributed by atoms with Gasteiger partial charge in [-0.25, -0.2) is 4.68 Å². The van der Waals surface area contributed by atoms with Gasteiger partial charge in [-0.2, -0.15) is 18.3 Å². The van der Waals surface area contributed by atoms with E-state index in [2.05, 4.69) is 15.3 Å². The van der Waals surface area contributed by atoms with Crippen LogP contribution >= 0.6 is 11.6 Å². The molecule has 170 valence electrons. The van der Waals surface area contributed by atoms with Crippen LogP contribution in [0.2, 0.25) is 5.02 Å². The van der Waals surface area contributed by atoms with Crippen LogP contribution in [0.3, 0.4) is 0 Å². The molecule has 0 aliphatic carbocycles. The van der Waals surface area contributed by atoms with Crippen LogP contribution in [0.4, 0.5) is 13.2 Å². The number of morpholine rings is 1. The largest absolute Gasteiger partial charge is 0.434 e. The number of alkyl halides is 3. The van der Waals surface area contributed by atoms with E-state index >= 15 is 0 Å². The minimum absolute atomic E-state index is 0.0353. The Bertz CT molecular complexity index is 918. The predicted molar refractivity (Wildman–Crippen MR) is 112 cm³/mol. The van der Waals surface area contributed by atoms with Crippen LogP contribution in [-0.2, 0) is 10.9 Å². The molecule has 3 rings (SSSR count). The first-order valence-electron chi connectivity index (χ1n) is 9.98. The van der Waals surface area contributed by atoms with Gasteiger partial charge in [0.05, 0.1) is 29.7 Å². The molecule has 2 atom stereocenters. The van der Waals surface area contributed by atoms with Crippen molar-refractivity contribution in [2.45, 2.75) is 51.6 Å². The molecular formula is C21H26ClF3N4O2. The van der Waals surface area contributed by atoms with E-state index in [1.807, 2.05) is 27.7 Å². The average molecular weight is 459 g/mol. The molecule has 1 fully saturated rings. The number of ether oxygens (including phenoxy) is 1. The second-order valence-corrected chi connectivity index (χ2v) is 8.89. The number of carbonyl (C=O) groups excluding carboxylic acids is 1. The highest BCUT2D eigenvalue weighted by Crippen LogP contribution is 2.34. The van der Waals surface area contributed by atoms with Crippen LogP contribution < -0.4 is 5.32 Å². The first-order chi connectivity index (χ1) is 14.4. The van der Waals surface area contributed by atoms with E-state index in [0.717, 1.165) is 6.20 Å². The zero-order valence-corrected chi connectivity index (χ0v) is 18.6. The maximum absolute atomic E-state index is 13.8. The van der Waals surface area contributed by atoms with Crippen molar-refractivity contribution in [3.63, 3.8) is 0 Å². The number of benzene rings is 1. The summed E-state index contributed by atoms with van der Waals surface area (Å²) in [4.78, 5) is 14.9. The van der Waals surface area contributed by atoms with Crippen LogP contribution in [0.1, 0.15) is 43.7 Å². The maximum atomic E-state index is 13.8. The zero-order chi connectivity index (χ0) is 23.0. The van der Waals surface area contributed by atoms with Crippen LogP contribution in [0.15, 0.2) is 30.5 Å². The third-order valence-corrected chi connectivity index (χ3v) is 5.56. The highest BCUT2D eigenvalue weighted by Gasteiger charge is 2.41. The lowest BCUT2D eigenvalue weighted by Gasteiger charge is -2.45. The number of carbonyl (C=O) groups is 1. The molecule has 1 N–H and O–H groups in total. The Morgan fingerprint density at radius 3 is 2.32 bits per heavy atom. The Balaban J connectivity index is 1.81. The van der Waals surface area contributed by atoms with Crippen molar-refractivity contribution in [2.75, 3.05) is 19.6 Å². The molecular weight excluding hydrogens is 433 g/mol. The van der Waals surface area contributed by atoms with Gasteiger partial charge in [-0.05, 0) is 52.0 Å². The molecule has 6 nitrogen and oxygen atoms in total. The van der Waals surface area contributed by atoms with Crippen molar-refractivity contribution in [2.24, 2.45) is 0 Å². The number of hydrogen-bond donors (Lipinski definition) is 1. The Morgan fingerprint density at radius 1 is 1.19 bits per heavy atom. The topological polar surface area (TPSA) is 59.4 Å². The Kier molecular flexibility index (Phi) is 6.69. The number of nitrogens with zero attached hydrogens (tertiary/aromatic N) is 3. The molecule has 1 aliphatic heterocycles. The molecule has 0 spiro atoms. The van der Waals surface area contributed by atoms with Crippen LogP contribution in [0.5, 0.6) is 0 Å². The molecule has 1 saturated heterocycles. The first-order valence-corrected chi connectivity index (χ1v) is 10.4. The summed E-state index contributed by atoms with van der Waals surface area (Å²) in [6.07, 6.45) is -3.76. The Labute approximate surface area is 184 Å². The van der Waals surface area contributed by atoms with E-state index in [-0.39, 0.29) is 24.4 Å². The summed E-state index contributed by atoms with van der Waals surface area (Å²) in [7, 11) is 0. The Morgan fingerprint density at radius 2 is 1.77 bits per heavy atom. The lowest BCUT2D eigenvalue weighted by Crippen LogP contribution is -2.58. The molecule has 10 heteroatoms. The van der Waals surface area contributed by atoms with Crippen molar-refractivity contribution in [3.8, 4) is 5.69 Å². The van der Waals surface area contributed by atoms with E-state index in [4.69, 9.17) is 16.3 Å². The summed E-state index contributed by atoms with van der Waals surface area (Å²) >= 11 is 5.82.